The predicted molar refractivity (Wildman–Crippen MR) is 118 cm³/mol. The SMILES string of the molecule is CC(C)OC(=O)CCCN=C(N)N1CCN(c2ccc(Cl)cc2)CC1.I. The summed E-state index contributed by atoms with van der Waals surface area (Å²) in [5.74, 6) is 0.369. The van der Waals surface area contributed by atoms with E-state index in [1.165, 1.54) is 5.69 Å². The van der Waals surface area contributed by atoms with E-state index in [-0.39, 0.29) is 36.0 Å². The lowest BCUT2D eigenvalue weighted by Crippen LogP contribution is -2.51. The molecule has 1 aliphatic rings. The monoisotopic (exact) mass is 494 g/mol. The Labute approximate surface area is 177 Å². The van der Waals surface area contributed by atoms with E-state index in [4.69, 9.17) is 22.1 Å². The summed E-state index contributed by atoms with van der Waals surface area (Å²) in [6.45, 7) is 7.66. The Balaban J connectivity index is 0.00000338. The number of halogens is 2. The van der Waals surface area contributed by atoms with Gasteiger partial charge in [-0.05, 0) is 44.5 Å². The quantitative estimate of drug-likeness (QED) is 0.216. The van der Waals surface area contributed by atoms with Gasteiger partial charge < -0.3 is 20.3 Å². The number of carbonyl (C=O) groups is 1. The van der Waals surface area contributed by atoms with Crippen LogP contribution in [0.3, 0.4) is 0 Å². The molecule has 1 fully saturated rings. The van der Waals surface area contributed by atoms with E-state index in [9.17, 15) is 4.79 Å². The van der Waals surface area contributed by atoms with Crippen LogP contribution >= 0.6 is 35.6 Å². The lowest BCUT2D eigenvalue weighted by molar-refractivity contribution is -0.147. The van der Waals surface area contributed by atoms with Crippen molar-refractivity contribution in [1.82, 2.24) is 4.90 Å². The van der Waals surface area contributed by atoms with Crippen LogP contribution in [-0.4, -0.2) is 55.7 Å². The smallest absolute Gasteiger partial charge is 0.306 e. The number of anilines is 1. The molecule has 2 N–H and O–H groups in total. The number of benzene rings is 1. The fraction of sp³-hybridized carbons (Fsp3) is 0.556. The summed E-state index contributed by atoms with van der Waals surface area (Å²) in [7, 11) is 0. The number of guanidine groups is 1. The number of piperazine rings is 1. The van der Waals surface area contributed by atoms with Crippen molar-refractivity contribution in [3.05, 3.63) is 29.3 Å². The number of ether oxygens (including phenoxy) is 1. The van der Waals surface area contributed by atoms with Crippen molar-refractivity contribution in [1.29, 1.82) is 0 Å². The Morgan fingerprint density at radius 1 is 1.23 bits per heavy atom. The minimum absolute atomic E-state index is 0. The third kappa shape index (κ3) is 7.57. The molecule has 1 aromatic carbocycles. The minimum atomic E-state index is -0.180. The molecule has 2 rings (SSSR count). The zero-order chi connectivity index (χ0) is 18.2. The number of hydrogen-bond donors (Lipinski definition) is 1. The van der Waals surface area contributed by atoms with Crippen LogP contribution in [0.15, 0.2) is 29.3 Å². The second-order valence-corrected chi connectivity index (χ2v) is 6.77. The van der Waals surface area contributed by atoms with E-state index >= 15 is 0 Å². The van der Waals surface area contributed by atoms with E-state index in [2.05, 4.69) is 14.8 Å². The van der Waals surface area contributed by atoms with Crippen LogP contribution in [0.2, 0.25) is 5.02 Å². The Kier molecular flexibility index (Phi) is 10.1. The number of aliphatic imine (C=N–C) groups is 1. The van der Waals surface area contributed by atoms with Crippen LogP contribution in [0.4, 0.5) is 5.69 Å². The Morgan fingerprint density at radius 2 is 1.85 bits per heavy atom. The normalized spacial score (nSPS) is 15.0. The van der Waals surface area contributed by atoms with Crippen molar-refractivity contribution in [3.63, 3.8) is 0 Å². The summed E-state index contributed by atoms with van der Waals surface area (Å²) in [5.41, 5.74) is 7.24. The van der Waals surface area contributed by atoms with Gasteiger partial charge in [-0.2, -0.15) is 0 Å². The van der Waals surface area contributed by atoms with Crippen LogP contribution < -0.4 is 10.6 Å². The van der Waals surface area contributed by atoms with Gasteiger partial charge in [0.25, 0.3) is 0 Å². The average Bonchev–Trinajstić information content (AvgIpc) is 2.59. The third-order valence-electron chi connectivity index (χ3n) is 3.98. The van der Waals surface area contributed by atoms with Crippen LogP contribution in [0, 0.1) is 0 Å². The number of esters is 1. The molecule has 1 aliphatic heterocycles. The molecule has 26 heavy (non-hydrogen) atoms. The molecule has 0 bridgehead atoms. The molecule has 0 spiro atoms. The lowest BCUT2D eigenvalue weighted by Gasteiger charge is -2.36. The maximum absolute atomic E-state index is 11.5. The van der Waals surface area contributed by atoms with E-state index in [1.54, 1.807) is 0 Å². The highest BCUT2D eigenvalue weighted by atomic mass is 127. The van der Waals surface area contributed by atoms with Crippen molar-refractivity contribution >= 4 is 53.2 Å². The highest BCUT2D eigenvalue weighted by Crippen LogP contribution is 2.19. The lowest BCUT2D eigenvalue weighted by atomic mass is 10.2. The second kappa shape index (κ2) is 11.5. The minimum Gasteiger partial charge on any atom is -0.463 e. The second-order valence-electron chi connectivity index (χ2n) is 6.33. The van der Waals surface area contributed by atoms with Crippen molar-refractivity contribution < 1.29 is 9.53 Å². The molecule has 8 heteroatoms. The Hall–Kier alpha value is -1.22. The summed E-state index contributed by atoms with van der Waals surface area (Å²) in [4.78, 5) is 20.2. The topological polar surface area (TPSA) is 71.2 Å². The molecule has 0 aliphatic carbocycles. The molecular formula is C18H28ClIN4O2. The van der Waals surface area contributed by atoms with Crippen LogP contribution in [-0.2, 0) is 9.53 Å². The summed E-state index contributed by atoms with van der Waals surface area (Å²) in [5, 5.41) is 0.746. The molecule has 0 aromatic heterocycles. The van der Waals surface area contributed by atoms with E-state index in [0.29, 0.717) is 25.3 Å². The third-order valence-corrected chi connectivity index (χ3v) is 4.23. The first kappa shape index (κ1) is 22.8. The summed E-state index contributed by atoms with van der Waals surface area (Å²) in [6, 6.07) is 7.88. The van der Waals surface area contributed by atoms with Crippen molar-refractivity contribution in [2.45, 2.75) is 32.8 Å². The molecule has 0 atom stereocenters. The van der Waals surface area contributed by atoms with Gasteiger partial charge in [0.2, 0.25) is 0 Å². The number of nitrogens with zero attached hydrogens (tertiary/aromatic N) is 3. The summed E-state index contributed by atoms with van der Waals surface area (Å²) in [6.07, 6.45) is 0.953. The van der Waals surface area contributed by atoms with Gasteiger partial charge in [0.15, 0.2) is 5.96 Å². The van der Waals surface area contributed by atoms with Crippen molar-refractivity contribution in [2.75, 3.05) is 37.6 Å². The molecule has 0 radical (unpaired) electrons. The highest BCUT2D eigenvalue weighted by molar-refractivity contribution is 14.0. The fourth-order valence-electron chi connectivity index (χ4n) is 2.68. The number of nitrogens with two attached hydrogens (primary N) is 1. The first-order valence-electron chi connectivity index (χ1n) is 8.70. The zero-order valence-electron chi connectivity index (χ0n) is 15.4. The van der Waals surface area contributed by atoms with Crippen LogP contribution in [0.25, 0.3) is 0 Å². The maximum Gasteiger partial charge on any atom is 0.306 e. The molecule has 1 saturated heterocycles. The first-order chi connectivity index (χ1) is 12.0. The van der Waals surface area contributed by atoms with Crippen molar-refractivity contribution in [3.8, 4) is 0 Å². The van der Waals surface area contributed by atoms with Gasteiger partial charge in [-0.1, -0.05) is 11.6 Å². The van der Waals surface area contributed by atoms with Gasteiger partial charge in [-0.3, -0.25) is 9.79 Å². The van der Waals surface area contributed by atoms with E-state index in [1.807, 2.05) is 38.1 Å². The number of carbonyl (C=O) groups excluding carboxylic acids is 1. The van der Waals surface area contributed by atoms with Gasteiger partial charge in [0, 0.05) is 49.9 Å². The molecular weight excluding hydrogens is 467 g/mol. The van der Waals surface area contributed by atoms with E-state index in [0.717, 1.165) is 31.2 Å². The van der Waals surface area contributed by atoms with Crippen LogP contribution in [0.1, 0.15) is 26.7 Å². The standard InChI is InChI=1S/C18H27ClN4O2.HI/c1-14(2)25-17(24)4-3-9-21-18(20)23-12-10-22(11-13-23)16-7-5-15(19)6-8-16;/h5-8,14H,3-4,9-13H2,1-2H3,(H2,20,21);1H. The first-order valence-corrected chi connectivity index (χ1v) is 9.08. The van der Waals surface area contributed by atoms with Gasteiger partial charge >= 0.3 is 5.97 Å². The maximum atomic E-state index is 11.5. The largest absolute Gasteiger partial charge is 0.463 e. The summed E-state index contributed by atoms with van der Waals surface area (Å²) < 4.78 is 5.09. The Bertz CT molecular complexity index is 587. The average molecular weight is 495 g/mol. The van der Waals surface area contributed by atoms with Crippen LogP contribution in [0.5, 0.6) is 0 Å². The molecule has 1 heterocycles. The molecule has 6 nitrogen and oxygen atoms in total. The van der Waals surface area contributed by atoms with E-state index < -0.39 is 0 Å². The van der Waals surface area contributed by atoms with Gasteiger partial charge in [0.1, 0.15) is 0 Å². The number of hydrogen-bond acceptors (Lipinski definition) is 4. The molecule has 0 unspecified atom stereocenters. The number of rotatable bonds is 6. The van der Waals surface area contributed by atoms with Crippen molar-refractivity contribution in [2.24, 2.45) is 10.7 Å². The molecule has 0 saturated carbocycles. The summed E-state index contributed by atoms with van der Waals surface area (Å²) >= 11 is 5.93. The van der Waals surface area contributed by atoms with Gasteiger partial charge in [0.05, 0.1) is 6.10 Å². The molecule has 146 valence electrons. The predicted octanol–water partition coefficient (Wildman–Crippen LogP) is 3.13. The zero-order valence-corrected chi connectivity index (χ0v) is 18.4. The Morgan fingerprint density at radius 3 is 2.42 bits per heavy atom. The van der Waals surface area contributed by atoms with Gasteiger partial charge in [-0.15, -0.1) is 24.0 Å². The highest BCUT2D eigenvalue weighted by Gasteiger charge is 2.18. The molecule has 0 amide bonds. The molecule has 1 aromatic rings. The van der Waals surface area contributed by atoms with Gasteiger partial charge in [-0.25, -0.2) is 0 Å². The fourth-order valence-corrected chi connectivity index (χ4v) is 2.81.